The Kier molecular flexibility index (Phi) is 5.19. The smallest absolute Gasteiger partial charge is 0.229 e. The third-order valence-corrected chi connectivity index (χ3v) is 4.97. The zero-order valence-electron chi connectivity index (χ0n) is 15.4. The van der Waals surface area contributed by atoms with Gasteiger partial charge in [0.25, 0.3) is 0 Å². The number of nitrogens with zero attached hydrogens (tertiary/aromatic N) is 2. The molecule has 1 unspecified atom stereocenters. The van der Waals surface area contributed by atoms with E-state index >= 15 is 0 Å². The van der Waals surface area contributed by atoms with Crippen LogP contribution >= 0.6 is 0 Å². The number of benzene rings is 2. The van der Waals surface area contributed by atoms with Crippen molar-refractivity contribution in [2.24, 2.45) is 5.92 Å². The monoisotopic (exact) mass is 375 g/mol. The Bertz CT molecular complexity index is 937. The Morgan fingerprint density at radius 2 is 1.93 bits per heavy atom. The molecule has 0 saturated carbocycles. The molecule has 6 heteroatoms. The molecule has 1 N–H and O–H groups in total. The molecule has 2 aromatic carbocycles. The van der Waals surface area contributed by atoms with Gasteiger partial charge in [0.1, 0.15) is 0 Å². The number of amides is 2. The number of hydrogen-bond acceptors (Lipinski definition) is 4. The predicted octanol–water partition coefficient (Wildman–Crippen LogP) is 3.37. The SMILES string of the molecule is O=C(Nc1ccc(-c2cnco2)cc1)C1CC(=O)N(CCc2ccccc2)C1. The summed E-state index contributed by atoms with van der Waals surface area (Å²) in [5, 5.41) is 2.91. The van der Waals surface area contributed by atoms with Crippen LogP contribution in [0.5, 0.6) is 0 Å². The quantitative estimate of drug-likeness (QED) is 0.717. The highest BCUT2D eigenvalue weighted by Gasteiger charge is 2.34. The first-order valence-corrected chi connectivity index (χ1v) is 9.30. The minimum Gasteiger partial charge on any atom is -0.444 e. The van der Waals surface area contributed by atoms with Crippen molar-refractivity contribution in [3.8, 4) is 11.3 Å². The molecule has 1 saturated heterocycles. The Morgan fingerprint density at radius 3 is 2.64 bits per heavy atom. The molecule has 0 bridgehead atoms. The van der Waals surface area contributed by atoms with E-state index in [1.54, 1.807) is 11.1 Å². The molecular weight excluding hydrogens is 354 g/mol. The molecule has 142 valence electrons. The van der Waals surface area contributed by atoms with E-state index in [-0.39, 0.29) is 24.2 Å². The second kappa shape index (κ2) is 8.08. The van der Waals surface area contributed by atoms with E-state index in [2.05, 4.69) is 10.3 Å². The highest BCUT2D eigenvalue weighted by atomic mass is 16.3. The van der Waals surface area contributed by atoms with E-state index in [0.29, 0.717) is 24.5 Å². The van der Waals surface area contributed by atoms with E-state index in [0.717, 1.165) is 12.0 Å². The van der Waals surface area contributed by atoms with E-state index in [9.17, 15) is 9.59 Å². The fourth-order valence-electron chi connectivity index (χ4n) is 3.39. The van der Waals surface area contributed by atoms with E-state index in [4.69, 9.17) is 4.42 Å². The summed E-state index contributed by atoms with van der Waals surface area (Å²) in [4.78, 5) is 30.5. The lowest BCUT2D eigenvalue weighted by atomic mass is 10.1. The van der Waals surface area contributed by atoms with E-state index in [1.165, 1.54) is 12.0 Å². The van der Waals surface area contributed by atoms with E-state index < -0.39 is 0 Å². The molecule has 1 aromatic heterocycles. The zero-order valence-corrected chi connectivity index (χ0v) is 15.4. The topological polar surface area (TPSA) is 75.4 Å². The van der Waals surface area contributed by atoms with Crippen LogP contribution in [0, 0.1) is 5.92 Å². The van der Waals surface area contributed by atoms with Gasteiger partial charge in [-0.25, -0.2) is 4.98 Å². The van der Waals surface area contributed by atoms with Crippen LogP contribution in [-0.2, 0) is 16.0 Å². The van der Waals surface area contributed by atoms with Crippen molar-refractivity contribution in [3.63, 3.8) is 0 Å². The van der Waals surface area contributed by atoms with Gasteiger partial charge < -0.3 is 14.6 Å². The number of likely N-dealkylation sites (tertiary alicyclic amines) is 1. The van der Waals surface area contributed by atoms with Crippen molar-refractivity contribution in [3.05, 3.63) is 72.8 Å². The third-order valence-electron chi connectivity index (χ3n) is 4.97. The van der Waals surface area contributed by atoms with Gasteiger partial charge in [0.15, 0.2) is 12.2 Å². The van der Waals surface area contributed by atoms with Crippen LogP contribution in [0.3, 0.4) is 0 Å². The van der Waals surface area contributed by atoms with Crippen LogP contribution < -0.4 is 5.32 Å². The Morgan fingerprint density at radius 1 is 1.14 bits per heavy atom. The number of carbonyl (C=O) groups excluding carboxylic acids is 2. The molecule has 1 aliphatic rings. The van der Waals surface area contributed by atoms with Crippen LogP contribution in [-0.4, -0.2) is 34.8 Å². The number of anilines is 1. The minimum absolute atomic E-state index is 0.0387. The van der Waals surface area contributed by atoms with Crippen molar-refractivity contribution in [2.75, 3.05) is 18.4 Å². The number of hydrogen-bond donors (Lipinski definition) is 1. The summed E-state index contributed by atoms with van der Waals surface area (Å²) in [5.41, 5.74) is 2.78. The third kappa shape index (κ3) is 4.11. The van der Waals surface area contributed by atoms with Gasteiger partial charge in [-0.05, 0) is 36.2 Å². The summed E-state index contributed by atoms with van der Waals surface area (Å²) < 4.78 is 5.26. The zero-order chi connectivity index (χ0) is 19.3. The fraction of sp³-hybridized carbons (Fsp3) is 0.227. The Balaban J connectivity index is 1.32. The van der Waals surface area contributed by atoms with Gasteiger partial charge in [-0.15, -0.1) is 0 Å². The van der Waals surface area contributed by atoms with Crippen LogP contribution in [0.4, 0.5) is 5.69 Å². The molecule has 0 radical (unpaired) electrons. The number of rotatable bonds is 6. The van der Waals surface area contributed by atoms with Crippen LogP contribution in [0.1, 0.15) is 12.0 Å². The molecule has 4 rings (SSSR count). The van der Waals surface area contributed by atoms with Crippen molar-refractivity contribution >= 4 is 17.5 Å². The average Bonchev–Trinajstić information content (AvgIpc) is 3.38. The molecule has 0 aliphatic carbocycles. The summed E-state index contributed by atoms with van der Waals surface area (Å²) in [6, 6.07) is 17.4. The van der Waals surface area contributed by atoms with Crippen LogP contribution in [0.25, 0.3) is 11.3 Å². The lowest BCUT2D eigenvalue weighted by Gasteiger charge is -2.16. The molecule has 1 aliphatic heterocycles. The molecule has 1 atom stereocenters. The Hall–Kier alpha value is -3.41. The maximum absolute atomic E-state index is 12.6. The van der Waals surface area contributed by atoms with E-state index in [1.807, 2.05) is 54.6 Å². The molecule has 2 amide bonds. The highest BCUT2D eigenvalue weighted by molar-refractivity contribution is 5.97. The van der Waals surface area contributed by atoms with Gasteiger partial charge in [-0.1, -0.05) is 30.3 Å². The maximum atomic E-state index is 12.6. The average molecular weight is 375 g/mol. The van der Waals surface area contributed by atoms with Gasteiger partial charge in [0.05, 0.1) is 12.1 Å². The summed E-state index contributed by atoms with van der Waals surface area (Å²) >= 11 is 0. The molecule has 1 fully saturated rings. The first-order valence-electron chi connectivity index (χ1n) is 9.30. The maximum Gasteiger partial charge on any atom is 0.229 e. The van der Waals surface area contributed by atoms with Gasteiger partial charge in [-0.3, -0.25) is 9.59 Å². The molecule has 6 nitrogen and oxygen atoms in total. The minimum atomic E-state index is -0.322. The molecule has 3 aromatic rings. The largest absolute Gasteiger partial charge is 0.444 e. The first kappa shape index (κ1) is 18.0. The van der Waals surface area contributed by atoms with Crippen molar-refractivity contribution < 1.29 is 14.0 Å². The molecule has 28 heavy (non-hydrogen) atoms. The lowest BCUT2D eigenvalue weighted by Crippen LogP contribution is -2.30. The summed E-state index contributed by atoms with van der Waals surface area (Å²) in [7, 11) is 0. The second-order valence-electron chi connectivity index (χ2n) is 6.91. The predicted molar refractivity (Wildman–Crippen MR) is 105 cm³/mol. The first-order chi connectivity index (χ1) is 13.7. The van der Waals surface area contributed by atoms with Crippen molar-refractivity contribution in [1.82, 2.24) is 9.88 Å². The molecule has 0 spiro atoms. The van der Waals surface area contributed by atoms with Gasteiger partial charge in [-0.2, -0.15) is 0 Å². The van der Waals surface area contributed by atoms with Crippen LogP contribution in [0.2, 0.25) is 0 Å². The standard InChI is InChI=1S/C22H21N3O3/c26-21-12-18(14-25(21)11-10-16-4-2-1-3-5-16)22(27)24-19-8-6-17(7-9-19)20-13-23-15-28-20/h1-9,13,15,18H,10-12,14H2,(H,24,27). The molecular formula is C22H21N3O3. The number of aromatic nitrogens is 1. The van der Waals surface area contributed by atoms with Gasteiger partial charge in [0.2, 0.25) is 11.8 Å². The number of nitrogens with one attached hydrogen (secondary N) is 1. The summed E-state index contributed by atoms with van der Waals surface area (Å²) in [6.07, 6.45) is 4.08. The summed E-state index contributed by atoms with van der Waals surface area (Å²) in [5.74, 6) is 0.269. The normalized spacial score (nSPS) is 16.4. The summed E-state index contributed by atoms with van der Waals surface area (Å²) in [6.45, 7) is 1.10. The van der Waals surface area contributed by atoms with Gasteiger partial charge >= 0.3 is 0 Å². The van der Waals surface area contributed by atoms with Crippen molar-refractivity contribution in [1.29, 1.82) is 0 Å². The fourth-order valence-corrected chi connectivity index (χ4v) is 3.39. The lowest BCUT2D eigenvalue weighted by molar-refractivity contribution is -0.128. The number of oxazole rings is 1. The van der Waals surface area contributed by atoms with Crippen molar-refractivity contribution in [2.45, 2.75) is 12.8 Å². The Labute approximate surface area is 163 Å². The van der Waals surface area contributed by atoms with Crippen LogP contribution in [0.15, 0.2) is 71.6 Å². The highest BCUT2D eigenvalue weighted by Crippen LogP contribution is 2.23. The number of carbonyl (C=O) groups is 2. The molecule has 2 heterocycles. The van der Waals surface area contributed by atoms with Gasteiger partial charge in [0, 0.05) is 30.8 Å². The second-order valence-corrected chi connectivity index (χ2v) is 6.91.